The molecule has 2 aromatic rings. The lowest BCUT2D eigenvalue weighted by atomic mass is 10.2. The van der Waals surface area contributed by atoms with Crippen molar-refractivity contribution in [2.24, 2.45) is 0 Å². The molecule has 5 heteroatoms. The van der Waals surface area contributed by atoms with Crippen LogP contribution < -0.4 is 0 Å². The predicted octanol–water partition coefficient (Wildman–Crippen LogP) is 5.05. The third-order valence-electron chi connectivity index (χ3n) is 2.34. The van der Waals surface area contributed by atoms with Crippen LogP contribution in [0.4, 0.5) is 13.2 Å². The van der Waals surface area contributed by atoms with E-state index in [-0.39, 0.29) is 16.3 Å². The fraction of sp³-hybridized carbons (Fsp3) is 0.0769. The van der Waals surface area contributed by atoms with E-state index in [0.717, 1.165) is 11.8 Å². The van der Waals surface area contributed by atoms with Gasteiger partial charge in [-0.25, -0.2) is 13.2 Å². The zero-order chi connectivity index (χ0) is 13.1. The molecule has 0 spiro atoms. The molecular formula is C13H8ClF3S. The fourth-order valence-corrected chi connectivity index (χ4v) is 2.45. The van der Waals surface area contributed by atoms with Crippen LogP contribution in [0, 0.1) is 17.5 Å². The van der Waals surface area contributed by atoms with Crippen molar-refractivity contribution in [3.8, 4) is 0 Å². The van der Waals surface area contributed by atoms with Crippen molar-refractivity contribution in [1.82, 2.24) is 0 Å². The maximum absolute atomic E-state index is 13.3. The molecule has 0 unspecified atom stereocenters. The summed E-state index contributed by atoms with van der Waals surface area (Å²) < 4.78 is 39.9. The van der Waals surface area contributed by atoms with Crippen LogP contribution in [0.15, 0.2) is 41.3 Å². The Labute approximate surface area is 112 Å². The van der Waals surface area contributed by atoms with Gasteiger partial charge in [-0.1, -0.05) is 17.7 Å². The maximum atomic E-state index is 13.3. The lowest BCUT2D eigenvalue weighted by Gasteiger charge is -2.05. The standard InChI is InChI=1S/C13H8ClF3S/c14-10-5-4-8(6-13(10)17)18-7-9-11(15)2-1-3-12(9)16/h1-6H,7H2. The highest BCUT2D eigenvalue weighted by atomic mass is 35.5. The highest BCUT2D eigenvalue weighted by Gasteiger charge is 2.09. The van der Waals surface area contributed by atoms with E-state index in [2.05, 4.69) is 0 Å². The van der Waals surface area contributed by atoms with Crippen LogP contribution in [-0.2, 0) is 5.75 Å². The number of hydrogen-bond donors (Lipinski definition) is 0. The molecule has 0 nitrogen and oxygen atoms in total. The van der Waals surface area contributed by atoms with Crippen LogP contribution in [0.2, 0.25) is 5.02 Å². The summed E-state index contributed by atoms with van der Waals surface area (Å²) in [5, 5.41) is 0.0245. The molecule has 0 aliphatic rings. The average Bonchev–Trinajstić information content (AvgIpc) is 2.33. The summed E-state index contributed by atoms with van der Waals surface area (Å²) in [6.45, 7) is 0. The van der Waals surface area contributed by atoms with Crippen LogP contribution in [-0.4, -0.2) is 0 Å². The first-order valence-corrected chi connectivity index (χ1v) is 6.45. The smallest absolute Gasteiger partial charge is 0.142 e. The Balaban J connectivity index is 2.14. The molecule has 0 radical (unpaired) electrons. The quantitative estimate of drug-likeness (QED) is 0.712. The van der Waals surface area contributed by atoms with Crippen LogP contribution in [0.1, 0.15) is 5.56 Å². The van der Waals surface area contributed by atoms with Gasteiger partial charge in [0.2, 0.25) is 0 Å². The Morgan fingerprint density at radius 2 is 1.61 bits per heavy atom. The van der Waals surface area contributed by atoms with Crippen LogP contribution >= 0.6 is 23.4 Å². The number of benzene rings is 2. The van der Waals surface area contributed by atoms with Crippen LogP contribution in [0.5, 0.6) is 0 Å². The zero-order valence-electron chi connectivity index (χ0n) is 9.09. The van der Waals surface area contributed by atoms with Crippen molar-refractivity contribution in [2.75, 3.05) is 0 Å². The van der Waals surface area contributed by atoms with E-state index in [9.17, 15) is 13.2 Å². The minimum atomic E-state index is -0.600. The van der Waals surface area contributed by atoms with E-state index >= 15 is 0 Å². The first-order chi connectivity index (χ1) is 8.58. The molecule has 0 saturated heterocycles. The first kappa shape index (κ1) is 13.3. The molecule has 2 aromatic carbocycles. The van der Waals surface area contributed by atoms with Crippen molar-refractivity contribution in [1.29, 1.82) is 0 Å². The molecule has 2 rings (SSSR count). The van der Waals surface area contributed by atoms with Gasteiger partial charge in [0.1, 0.15) is 17.5 Å². The molecule has 0 atom stereocenters. The summed E-state index contributed by atoms with van der Waals surface area (Å²) in [5.41, 5.74) is -0.0159. The maximum Gasteiger partial charge on any atom is 0.142 e. The normalized spacial score (nSPS) is 10.7. The molecule has 0 heterocycles. The second kappa shape index (κ2) is 5.67. The SMILES string of the molecule is Fc1cc(SCc2c(F)cccc2F)ccc1Cl. The van der Waals surface area contributed by atoms with Crippen molar-refractivity contribution in [3.63, 3.8) is 0 Å². The molecule has 0 aliphatic carbocycles. The molecule has 94 valence electrons. The van der Waals surface area contributed by atoms with Gasteiger partial charge < -0.3 is 0 Å². The lowest BCUT2D eigenvalue weighted by Crippen LogP contribution is -1.92. The van der Waals surface area contributed by atoms with Crippen LogP contribution in [0.25, 0.3) is 0 Å². The fourth-order valence-electron chi connectivity index (χ4n) is 1.39. The van der Waals surface area contributed by atoms with Gasteiger partial charge in [-0.2, -0.15) is 0 Å². The second-order valence-corrected chi connectivity index (χ2v) is 5.02. The summed E-state index contributed by atoms with van der Waals surface area (Å²) in [7, 11) is 0. The molecule has 0 bridgehead atoms. The molecule has 0 fully saturated rings. The van der Waals surface area contributed by atoms with E-state index < -0.39 is 17.5 Å². The number of rotatable bonds is 3. The van der Waals surface area contributed by atoms with Gasteiger partial charge in [-0.3, -0.25) is 0 Å². The van der Waals surface area contributed by atoms with Crippen molar-refractivity contribution >= 4 is 23.4 Å². The summed E-state index contributed by atoms with van der Waals surface area (Å²) in [6.07, 6.45) is 0. The molecule has 0 amide bonds. The predicted molar refractivity (Wildman–Crippen MR) is 67.3 cm³/mol. The Morgan fingerprint density at radius 1 is 0.944 bits per heavy atom. The van der Waals surface area contributed by atoms with Gasteiger partial charge in [0.15, 0.2) is 0 Å². The van der Waals surface area contributed by atoms with E-state index in [4.69, 9.17) is 11.6 Å². The molecule has 0 N–H and O–H groups in total. The van der Waals surface area contributed by atoms with Gasteiger partial charge in [0, 0.05) is 16.2 Å². The van der Waals surface area contributed by atoms with Crippen molar-refractivity contribution in [2.45, 2.75) is 10.6 Å². The highest BCUT2D eigenvalue weighted by Crippen LogP contribution is 2.28. The molecule has 0 saturated carbocycles. The summed E-state index contributed by atoms with van der Waals surface area (Å²) >= 11 is 6.69. The number of thioether (sulfide) groups is 1. The van der Waals surface area contributed by atoms with Gasteiger partial charge in [0.25, 0.3) is 0 Å². The second-order valence-electron chi connectivity index (χ2n) is 3.56. The molecular weight excluding hydrogens is 281 g/mol. The van der Waals surface area contributed by atoms with E-state index in [1.165, 1.54) is 30.3 Å². The Hall–Kier alpha value is -1.13. The molecule has 0 aromatic heterocycles. The average molecular weight is 289 g/mol. The van der Waals surface area contributed by atoms with E-state index in [1.807, 2.05) is 0 Å². The third kappa shape index (κ3) is 3.00. The summed E-state index contributed by atoms with van der Waals surface area (Å²) in [4.78, 5) is 0.569. The Bertz CT molecular complexity index is 552. The summed E-state index contributed by atoms with van der Waals surface area (Å²) in [6, 6.07) is 7.96. The lowest BCUT2D eigenvalue weighted by molar-refractivity contribution is 0.566. The Kier molecular flexibility index (Phi) is 4.19. The monoisotopic (exact) mass is 288 g/mol. The Morgan fingerprint density at radius 3 is 2.22 bits per heavy atom. The van der Waals surface area contributed by atoms with Crippen LogP contribution in [0.3, 0.4) is 0 Å². The topological polar surface area (TPSA) is 0 Å². The first-order valence-electron chi connectivity index (χ1n) is 5.08. The highest BCUT2D eigenvalue weighted by molar-refractivity contribution is 7.98. The number of halogens is 4. The number of hydrogen-bond acceptors (Lipinski definition) is 1. The minimum Gasteiger partial charge on any atom is -0.207 e. The van der Waals surface area contributed by atoms with Gasteiger partial charge in [-0.05, 0) is 30.3 Å². The largest absolute Gasteiger partial charge is 0.207 e. The minimum absolute atomic E-state index is 0.0159. The van der Waals surface area contributed by atoms with Gasteiger partial charge in [0.05, 0.1) is 5.02 Å². The zero-order valence-corrected chi connectivity index (χ0v) is 10.7. The third-order valence-corrected chi connectivity index (χ3v) is 3.66. The van der Waals surface area contributed by atoms with E-state index in [1.54, 1.807) is 6.07 Å². The summed E-state index contributed by atoms with van der Waals surface area (Å²) in [5.74, 6) is -1.65. The van der Waals surface area contributed by atoms with Gasteiger partial charge >= 0.3 is 0 Å². The van der Waals surface area contributed by atoms with E-state index in [0.29, 0.717) is 4.90 Å². The molecule has 0 aliphatic heterocycles. The molecule has 18 heavy (non-hydrogen) atoms. The van der Waals surface area contributed by atoms with Crippen molar-refractivity contribution < 1.29 is 13.2 Å². The van der Waals surface area contributed by atoms with Gasteiger partial charge in [-0.15, -0.1) is 11.8 Å². The van der Waals surface area contributed by atoms with Crippen molar-refractivity contribution in [3.05, 3.63) is 64.4 Å².